The molecule has 1 fully saturated rings. The first-order valence-electron chi connectivity index (χ1n) is 10.2. The van der Waals surface area contributed by atoms with Crippen molar-refractivity contribution in [3.63, 3.8) is 0 Å². The number of ether oxygens (including phenoxy) is 1. The van der Waals surface area contributed by atoms with E-state index in [4.69, 9.17) is 10.5 Å². The third-order valence-corrected chi connectivity index (χ3v) is 5.70. The molecule has 0 bridgehead atoms. The average molecular weight is 396 g/mol. The van der Waals surface area contributed by atoms with Crippen molar-refractivity contribution < 1.29 is 9.53 Å². The Morgan fingerprint density at radius 1 is 1.17 bits per heavy atom. The van der Waals surface area contributed by atoms with Crippen molar-refractivity contribution in [1.82, 2.24) is 15.3 Å². The lowest BCUT2D eigenvalue weighted by molar-refractivity contribution is 0.0996. The van der Waals surface area contributed by atoms with E-state index in [1.54, 1.807) is 6.20 Å². The molecule has 1 amide bonds. The van der Waals surface area contributed by atoms with Crippen molar-refractivity contribution in [2.24, 2.45) is 5.73 Å². The van der Waals surface area contributed by atoms with Crippen LogP contribution in [0.15, 0.2) is 30.5 Å². The lowest BCUT2D eigenvalue weighted by atomic mass is 9.90. The molecule has 3 atom stereocenters. The van der Waals surface area contributed by atoms with E-state index in [0.717, 1.165) is 30.6 Å². The second-order valence-corrected chi connectivity index (χ2v) is 7.71. The predicted molar refractivity (Wildman–Crippen MR) is 112 cm³/mol. The van der Waals surface area contributed by atoms with E-state index in [-0.39, 0.29) is 17.8 Å². The standard InChI is InChI=1S/C21H28N6O2/c1-23-15-7-3-4-8-16(15)26-18-11-24-19(20(22)28)21(27-18)25-14-10-13-6-2-5-9-17(13)29-12-14/h2,5-6,9,11,14-16,23H,3-4,7-8,10,12H2,1H3,(H2,22,28)(H2,25,26,27)/t14-,15+,16-/m1/s1. The monoisotopic (exact) mass is 396 g/mol. The fourth-order valence-corrected chi connectivity index (χ4v) is 4.19. The van der Waals surface area contributed by atoms with E-state index in [0.29, 0.717) is 24.3 Å². The van der Waals surface area contributed by atoms with Crippen LogP contribution >= 0.6 is 0 Å². The molecule has 8 nitrogen and oxygen atoms in total. The molecule has 1 saturated carbocycles. The van der Waals surface area contributed by atoms with Crippen LogP contribution in [0.25, 0.3) is 0 Å². The highest BCUT2D eigenvalue weighted by Gasteiger charge is 2.26. The van der Waals surface area contributed by atoms with Gasteiger partial charge in [0.05, 0.1) is 12.2 Å². The summed E-state index contributed by atoms with van der Waals surface area (Å²) in [5.41, 5.74) is 6.80. The summed E-state index contributed by atoms with van der Waals surface area (Å²) >= 11 is 0. The lowest BCUT2D eigenvalue weighted by Crippen LogP contribution is -2.44. The first-order valence-corrected chi connectivity index (χ1v) is 10.2. The number of nitrogens with zero attached hydrogens (tertiary/aromatic N) is 2. The molecule has 0 unspecified atom stereocenters. The number of benzene rings is 1. The number of aromatic nitrogens is 2. The van der Waals surface area contributed by atoms with Gasteiger partial charge in [-0.15, -0.1) is 0 Å². The minimum Gasteiger partial charge on any atom is -0.491 e. The zero-order valence-electron chi connectivity index (χ0n) is 16.6. The van der Waals surface area contributed by atoms with Gasteiger partial charge in [-0.1, -0.05) is 31.0 Å². The summed E-state index contributed by atoms with van der Waals surface area (Å²) < 4.78 is 5.84. The minimum absolute atomic E-state index is 0.0210. The fraction of sp³-hybridized carbons (Fsp3) is 0.476. The van der Waals surface area contributed by atoms with Gasteiger partial charge in [0, 0.05) is 12.1 Å². The summed E-state index contributed by atoms with van der Waals surface area (Å²) in [6.07, 6.45) is 6.97. The number of hydrogen-bond donors (Lipinski definition) is 4. The molecule has 154 valence electrons. The summed E-state index contributed by atoms with van der Waals surface area (Å²) in [5, 5.41) is 10.2. The molecule has 2 aromatic rings. The molecule has 4 rings (SSSR count). The molecule has 1 aliphatic heterocycles. The number of nitrogens with one attached hydrogen (secondary N) is 3. The number of rotatable bonds is 6. The van der Waals surface area contributed by atoms with E-state index in [1.165, 1.54) is 12.8 Å². The van der Waals surface area contributed by atoms with Crippen molar-refractivity contribution >= 4 is 17.5 Å². The molecule has 2 heterocycles. The minimum atomic E-state index is -0.602. The van der Waals surface area contributed by atoms with Gasteiger partial charge >= 0.3 is 0 Å². The van der Waals surface area contributed by atoms with Crippen LogP contribution in [0.3, 0.4) is 0 Å². The smallest absolute Gasteiger partial charge is 0.271 e. The zero-order valence-corrected chi connectivity index (χ0v) is 16.6. The van der Waals surface area contributed by atoms with Crippen LogP contribution in [0.4, 0.5) is 11.6 Å². The van der Waals surface area contributed by atoms with Crippen LogP contribution in [-0.2, 0) is 6.42 Å². The number of para-hydroxylation sites is 1. The van der Waals surface area contributed by atoms with Gasteiger partial charge in [0.15, 0.2) is 11.5 Å². The van der Waals surface area contributed by atoms with E-state index in [2.05, 4.69) is 25.9 Å². The van der Waals surface area contributed by atoms with E-state index < -0.39 is 5.91 Å². The molecule has 5 N–H and O–H groups in total. The molecule has 1 aromatic heterocycles. The van der Waals surface area contributed by atoms with Crippen LogP contribution in [0.2, 0.25) is 0 Å². The second-order valence-electron chi connectivity index (χ2n) is 7.71. The predicted octanol–water partition coefficient (Wildman–Crippen LogP) is 1.93. The summed E-state index contributed by atoms with van der Waals surface area (Å²) in [6, 6.07) is 8.61. The normalized spacial score (nSPS) is 23.6. The Hall–Kier alpha value is -2.87. The number of likely N-dealkylation sites (N-methyl/N-ethyl adjacent to an activating group) is 1. The highest BCUT2D eigenvalue weighted by molar-refractivity contribution is 5.95. The highest BCUT2D eigenvalue weighted by atomic mass is 16.5. The lowest BCUT2D eigenvalue weighted by Gasteiger charge is -2.32. The molecule has 1 aromatic carbocycles. The largest absolute Gasteiger partial charge is 0.491 e. The number of nitrogens with two attached hydrogens (primary N) is 1. The summed E-state index contributed by atoms with van der Waals surface area (Å²) in [4.78, 5) is 20.8. The first kappa shape index (κ1) is 19.4. The third kappa shape index (κ3) is 4.42. The Bertz CT molecular complexity index is 874. The number of anilines is 2. The van der Waals surface area contributed by atoms with Gasteiger partial charge in [-0.25, -0.2) is 9.97 Å². The number of hydrogen-bond acceptors (Lipinski definition) is 7. The number of fused-ring (bicyclic) bond motifs is 1. The Morgan fingerprint density at radius 2 is 1.97 bits per heavy atom. The Balaban J connectivity index is 1.52. The van der Waals surface area contributed by atoms with Crippen molar-refractivity contribution in [3.8, 4) is 5.75 Å². The topological polar surface area (TPSA) is 114 Å². The van der Waals surface area contributed by atoms with Crippen LogP contribution in [-0.4, -0.2) is 47.7 Å². The summed E-state index contributed by atoms with van der Waals surface area (Å²) in [6.45, 7) is 0.485. The third-order valence-electron chi connectivity index (χ3n) is 5.70. The van der Waals surface area contributed by atoms with Gasteiger partial charge in [0.2, 0.25) is 0 Å². The van der Waals surface area contributed by atoms with Crippen molar-refractivity contribution in [1.29, 1.82) is 0 Å². The number of primary amides is 1. The van der Waals surface area contributed by atoms with Crippen molar-refractivity contribution in [2.75, 3.05) is 24.3 Å². The summed E-state index contributed by atoms with van der Waals surface area (Å²) in [5.74, 6) is 1.33. The van der Waals surface area contributed by atoms with Crippen molar-refractivity contribution in [2.45, 2.75) is 50.2 Å². The van der Waals surface area contributed by atoms with Crippen LogP contribution in [0.1, 0.15) is 41.7 Å². The molecule has 0 saturated heterocycles. The maximum atomic E-state index is 11.9. The molecule has 2 aliphatic rings. The summed E-state index contributed by atoms with van der Waals surface area (Å²) in [7, 11) is 1.99. The van der Waals surface area contributed by atoms with Crippen LogP contribution in [0, 0.1) is 0 Å². The van der Waals surface area contributed by atoms with Crippen LogP contribution < -0.4 is 26.4 Å². The highest BCUT2D eigenvalue weighted by Crippen LogP contribution is 2.27. The van der Waals surface area contributed by atoms with Gasteiger partial charge in [-0.3, -0.25) is 4.79 Å². The van der Waals surface area contributed by atoms with Gasteiger partial charge in [-0.05, 0) is 37.9 Å². The first-order chi connectivity index (χ1) is 14.1. The molecule has 8 heteroatoms. The maximum Gasteiger partial charge on any atom is 0.271 e. The average Bonchev–Trinajstić information content (AvgIpc) is 2.74. The molecular formula is C21H28N6O2. The van der Waals surface area contributed by atoms with Gasteiger partial charge in [0.25, 0.3) is 5.91 Å². The molecule has 1 aliphatic carbocycles. The zero-order chi connectivity index (χ0) is 20.2. The maximum absolute atomic E-state index is 11.9. The quantitative estimate of drug-likeness (QED) is 0.590. The Labute approximate surface area is 170 Å². The van der Waals surface area contributed by atoms with Crippen molar-refractivity contribution in [3.05, 3.63) is 41.7 Å². The number of carbonyl (C=O) groups is 1. The van der Waals surface area contributed by atoms with E-state index >= 15 is 0 Å². The Morgan fingerprint density at radius 3 is 2.76 bits per heavy atom. The van der Waals surface area contributed by atoms with E-state index in [9.17, 15) is 4.79 Å². The SMILES string of the molecule is CN[C@H]1CCCC[C@H]1Nc1cnc(C(N)=O)c(N[C@H]2COc3ccccc3C2)n1. The van der Waals surface area contributed by atoms with Gasteiger partial charge in [0.1, 0.15) is 18.2 Å². The van der Waals surface area contributed by atoms with E-state index in [1.807, 2.05) is 31.3 Å². The molecular weight excluding hydrogens is 368 g/mol. The fourth-order valence-electron chi connectivity index (χ4n) is 4.19. The number of carbonyl (C=O) groups excluding carboxylic acids is 1. The number of amides is 1. The molecule has 0 spiro atoms. The molecule has 0 radical (unpaired) electrons. The van der Waals surface area contributed by atoms with Gasteiger partial charge < -0.3 is 26.4 Å². The molecule has 29 heavy (non-hydrogen) atoms. The van der Waals surface area contributed by atoms with Gasteiger partial charge in [-0.2, -0.15) is 0 Å². The Kier molecular flexibility index (Phi) is 5.80. The second kappa shape index (κ2) is 8.65. The van der Waals surface area contributed by atoms with Crippen LogP contribution in [0.5, 0.6) is 5.75 Å².